The highest BCUT2D eigenvalue weighted by Gasteiger charge is 2.55. The molecule has 4 N–H and O–H groups in total. The predicted molar refractivity (Wildman–Crippen MR) is 478 cm³/mol. The van der Waals surface area contributed by atoms with E-state index in [-0.39, 0.29) is 142 Å². The van der Waals surface area contributed by atoms with Crippen LogP contribution in [-0.4, -0.2) is 239 Å². The van der Waals surface area contributed by atoms with Crippen LogP contribution in [0.3, 0.4) is 0 Å². The van der Waals surface area contributed by atoms with E-state index < -0.39 is 94.2 Å². The van der Waals surface area contributed by atoms with Crippen LogP contribution in [0, 0.1) is 29.6 Å². The molecule has 10 heterocycles. The van der Waals surface area contributed by atoms with Gasteiger partial charge in [-0.1, -0.05) is 133 Å². The fourth-order valence-electron chi connectivity index (χ4n) is 13.8. The molecule has 123 heavy (non-hydrogen) atoms. The van der Waals surface area contributed by atoms with Crippen molar-refractivity contribution in [3.8, 4) is 0 Å². The van der Waals surface area contributed by atoms with Crippen LogP contribution in [0.2, 0.25) is 54.4 Å². The number of alkyl halides is 1. The van der Waals surface area contributed by atoms with Crippen molar-refractivity contribution in [3.63, 3.8) is 0 Å². The van der Waals surface area contributed by atoms with Crippen LogP contribution < -0.4 is 5.63 Å². The molecule has 0 saturated carbocycles. The lowest BCUT2D eigenvalue weighted by molar-refractivity contribution is -0.169. The van der Waals surface area contributed by atoms with Gasteiger partial charge >= 0.3 is 17.6 Å². The highest BCUT2D eigenvalue weighted by molar-refractivity contribution is 9.10. The van der Waals surface area contributed by atoms with Crippen LogP contribution in [0.1, 0.15) is 173 Å². The maximum absolute atomic E-state index is 11.9. The number of esters is 2. The van der Waals surface area contributed by atoms with E-state index in [9.17, 15) is 34.5 Å². The average molecular weight is 1920 g/mol. The highest BCUT2D eigenvalue weighted by atomic mass is 79.9. The third-order valence-corrected chi connectivity index (χ3v) is 38.7. The molecule has 0 amide bonds. The first-order valence-electron chi connectivity index (χ1n) is 42.7. The number of carbonyl (C=O) groups is 3. The molecular weight excluding hydrogens is 1770 g/mol. The van der Waals surface area contributed by atoms with Gasteiger partial charge in [-0.3, -0.25) is 14.4 Å². The minimum absolute atomic E-state index is 0.00542. The first-order chi connectivity index (χ1) is 56.1. The lowest BCUT2D eigenvalue weighted by Gasteiger charge is -2.38. The van der Waals surface area contributed by atoms with Crippen LogP contribution in [0.15, 0.2) is 118 Å². The molecule has 28 nitrogen and oxygen atoms in total. The lowest BCUT2D eigenvalue weighted by atomic mass is 9.89. The zero-order chi connectivity index (χ0) is 92.8. The van der Waals surface area contributed by atoms with Gasteiger partial charge in [-0.15, -0.1) is 0 Å². The van der Waals surface area contributed by atoms with Crippen molar-refractivity contribution >= 4 is 74.5 Å². The van der Waals surface area contributed by atoms with Crippen LogP contribution in [0.25, 0.3) is 0 Å². The summed E-state index contributed by atoms with van der Waals surface area (Å²) in [5.41, 5.74) is -0.340. The minimum atomic E-state index is -1.80. The molecule has 9 aliphatic heterocycles. The Bertz CT molecular complexity index is 3840. The topological polar surface area (TPSA) is 338 Å². The van der Waals surface area contributed by atoms with Crippen molar-refractivity contribution in [2.45, 2.75) is 364 Å². The molecular formula is C90H146Br2O28Si3. The van der Waals surface area contributed by atoms with Gasteiger partial charge in [0.15, 0.2) is 65.5 Å². The minimum Gasteiger partial charge on any atom is -0.457 e. The van der Waals surface area contributed by atoms with Crippen LogP contribution in [-0.2, 0) is 103 Å². The summed E-state index contributed by atoms with van der Waals surface area (Å²) in [6.07, 6.45) is 21.3. The van der Waals surface area contributed by atoms with Crippen molar-refractivity contribution in [2.75, 3.05) is 39.6 Å². The summed E-state index contributed by atoms with van der Waals surface area (Å²) in [7, 11) is -5.36. The zero-order valence-electron chi connectivity index (χ0n) is 78.4. The molecule has 33 heteroatoms. The number of halogens is 2. The number of aliphatic hydroxyl groups is 4. The van der Waals surface area contributed by atoms with Gasteiger partial charge in [-0.2, -0.15) is 0 Å². The smallest absolute Gasteiger partial charge is 0.350 e. The number of fused-ring (bicyclic) bond motifs is 4. The Hall–Kier alpha value is -3.81. The molecule has 13 aliphatic rings. The summed E-state index contributed by atoms with van der Waals surface area (Å²) in [6, 6.07) is 3.28. The largest absolute Gasteiger partial charge is 0.457 e. The summed E-state index contributed by atoms with van der Waals surface area (Å²) in [5, 5.41) is 39.5. The average Bonchev–Trinajstić information content (AvgIpc) is 1.66. The lowest BCUT2D eigenvalue weighted by Crippen LogP contribution is -2.46. The molecule has 4 unspecified atom stereocenters. The van der Waals surface area contributed by atoms with Crippen molar-refractivity contribution in [1.29, 1.82) is 0 Å². The molecule has 1 aromatic rings. The van der Waals surface area contributed by atoms with E-state index in [0.29, 0.717) is 37.5 Å². The maximum Gasteiger partial charge on any atom is 0.350 e. The van der Waals surface area contributed by atoms with E-state index in [0.717, 1.165) is 0 Å². The number of hydrogen-bond acceptors (Lipinski definition) is 28. The summed E-state index contributed by atoms with van der Waals surface area (Å²) < 4.78 is 112. The third kappa shape index (κ3) is 30.1. The second-order valence-corrected chi connectivity index (χ2v) is 57.9. The molecule has 0 aromatic carbocycles. The SMILES string of the molecule is CC1(C)OC=CO1.CC1(C)OC[C@H](C2C=CC(C)(Br)C(=O)O2)O1.CC1(C)O[C@@H]2[C@@H](CO[Si](C)(C)C(C)(C)C)C=CC(=O)[C@@H]2O1.CC1(C)O[C@@H]2[C@H](O1)[C@@H](CO)C=C[C@H]2O.CC1(C)O[C@@H]2[C@H](O1)[C@@H](CO[Si](C)(C)C(C)(C)C)C=C[C@@H]2O.CC1(C)O[C@@H]2[C@H](O1)[C@@H](CO[Si](C)(C)C(C)(C)C)C=C[C@H]2O.CC1C=CC([C@H]2COC(C)(C)O2)OC1=O.O=c1occcc1Br. The van der Waals surface area contributed by atoms with E-state index in [4.69, 9.17) is 94.2 Å². The van der Waals surface area contributed by atoms with E-state index in [2.05, 4.69) is 138 Å². The second kappa shape index (κ2) is 41.3. The maximum atomic E-state index is 11.9. The number of carbonyl (C=O) groups excluding carboxylic acids is 3. The highest BCUT2D eigenvalue weighted by Crippen LogP contribution is 2.46. The number of aliphatic hydroxyl groups excluding tert-OH is 4. The number of rotatable bonds is 12. The number of cyclic esters (lactones) is 2. The quantitative estimate of drug-likeness (QED) is 0.0653. The fraction of sp³-hybridized carbons (Fsp3) is 0.756. The molecule has 14 rings (SSSR count). The second-order valence-electron chi connectivity index (χ2n) is 40.9. The zero-order valence-corrected chi connectivity index (χ0v) is 84.6. The molecule has 0 bridgehead atoms. The molecule has 1 aromatic heterocycles. The monoisotopic (exact) mass is 1920 g/mol. The number of ether oxygens (including phenoxy) is 16. The van der Waals surface area contributed by atoms with Crippen molar-refractivity contribution < 1.29 is 128 Å². The van der Waals surface area contributed by atoms with Crippen LogP contribution >= 0.6 is 31.9 Å². The summed E-state index contributed by atoms with van der Waals surface area (Å²) in [4.78, 5) is 45.3. The van der Waals surface area contributed by atoms with Crippen molar-refractivity contribution in [1.82, 2.24) is 0 Å². The molecule has 6 fully saturated rings. The Morgan fingerprint density at radius 2 is 0.813 bits per heavy atom. The Balaban J connectivity index is 0.000000197. The normalized spacial score (nSPS) is 35.1. The number of ketones is 1. The third-order valence-electron chi connectivity index (χ3n) is 24.0. The van der Waals surface area contributed by atoms with Gasteiger partial charge in [0.25, 0.3) is 0 Å². The Labute approximate surface area is 750 Å². The van der Waals surface area contributed by atoms with E-state index in [1.165, 1.54) is 6.26 Å². The first-order valence-corrected chi connectivity index (χ1v) is 53.0. The molecule has 700 valence electrons. The van der Waals surface area contributed by atoms with Gasteiger partial charge in [-0.25, -0.2) is 4.79 Å². The number of hydrogen-bond donors (Lipinski definition) is 4. The molecule has 0 spiro atoms. The van der Waals surface area contributed by atoms with Crippen LogP contribution in [0.5, 0.6) is 0 Å². The Kier molecular flexibility index (Phi) is 35.7. The first kappa shape index (κ1) is 106. The van der Waals surface area contributed by atoms with Gasteiger partial charge in [0.1, 0.15) is 94.6 Å². The predicted octanol–water partition coefficient (Wildman–Crippen LogP) is 15.2. The van der Waals surface area contributed by atoms with Gasteiger partial charge < -0.3 is 114 Å². The van der Waals surface area contributed by atoms with E-state index in [1.807, 2.05) is 152 Å². The van der Waals surface area contributed by atoms with Crippen molar-refractivity contribution in [2.24, 2.45) is 29.6 Å². The standard InChI is InChI=1S/2C16H30O4Si.C16H28O4Si.C11H15BrO4.C11H16O4.C10H16O4.C5H3BrO2.C5H8O2/c3*1-15(2,3)21(6,7)18-10-11-8-9-12(17)14-13(11)19-16(4,5)20-14;1-10(2)14-6-8(16-10)7-4-5-11(3,12)9(13)15-7;1-7-4-5-8(14-10(7)12)9-6-13-11(2,3)15-9;1-10(2)13-8-6(5-11)3-4-7(12)9(8)14-10;6-4-2-1-3-8-5(4)7;1-5(2)6-3-4-7-5/h2*8-9,11-14,17H,10H2,1-7H3;8-9,11,13-14H,10H2,1-7H3;4-5,7-8H,6H2,1-3H3;4-5,7-9H,6H2,1-3H3;3-4,6-9,11-12H,5H2,1-2H3;1-3H;3-4H,1-2H3/t11-,12+,13-,14+;11-,12-,13-,14+;11-,13-,14+;7?,8-,11?;7?,8?,9-;6-,7-,8-,9+;;/m111111../s1. The van der Waals surface area contributed by atoms with E-state index in [1.54, 1.807) is 55.9 Å². The van der Waals surface area contributed by atoms with Crippen molar-refractivity contribution in [3.05, 3.63) is 119 Å². The summed E-state index contributed by atoms with van der Waals surface area (Å²) in [6.45, 7) is 65.9. The van der Waals surface area contributed by atoms with Gasteiger partial charge in [0, 0.05) is 57.3 Å². The Morgan fingerprint density at radius 1 is 0.447 bits per heavy atom. The van der Waals surface area contributed by atoms with E-state index >= 15 is 0 Å². The van der Waals surface area contributed by atoms with Gasteiger partial charge in [0.2, 0.25) is 5.79 Å². The molecule has 4 aliphatic carbocycles. The van der Waals surface area contributed by atoms with Gasteiger partial charge in [-0.05, 0) is 198 Å². The summed E-state index contributed by atoms with van der Waals surface area (Å²) >= 11 is 6.27. The fourth-order valence-corrected chi connectivity index (χ4v) is 17.4. The van der Waals surface area contributed by atoms with Crippen LogP contribution in [0.4, 0.5) is 0 Å². The molecule has 21 atom stereocenters. The molecule has 6 saturated heterocycles. The molecule has 0 radical (unpaired) electrons. The van der Waals surface area contributed by atoms with Gasteiger partial charge in [0.05, 0.1) is 50.3 Å². The Morgan fingerprint density at radius 3 is 1.15 bits per heavy atom. The summed E-state index contributed by atoms with van der Waals surface area (Å²) in [5.74, 6) is -4.64.